The second kappa shape index (κ2) is 6.99. The van der Waals surface area contributed by atoms with Crippen molar-refractivity contribution in [1.29, 1.82) is 0 Å². The Balaban J connectivity index is 2.32. The fourth-order valence-electron chi connectivity index (χ4n) is 1.77. The zero-order valence-electron chi connectivity index (χ0n) is 12.3. The molecule has 0 unspecified atom stereocenters. The number of benzene rings is 1. The number of halogens is 6. The number of aromatic nitrogens is 1. The lowest BCUT2D eigenvalue weighted by Crippen LogP contribution is -2.21. The van der Waals surface area contributed by atoms with Crippen LogP contribution in [0.3, 0.4) is 0 Å². The lowest BCUT2D eigenvalue weighted by molar-refractivity contribution is -0.153. The summed E-state index contributed by atoms with van der Waals surface area (Å²) in [4.78, 5) is 15.7. The van der Waals surface area contributed by atoms with Crippen molar-refractivity contribution in [3.05, 3.63) is 53.9 Å². The number of carbonyl (C=O) groups is 1. The SMILES string of the molecule is O=C(Nc1cc(C(F)(F)F)ccc1OCC(F)(F)F)c1ccccn1. The lowest BCUT2D eigenvalue weighted by atomic mass is 10.1. The molecule has 0 aliphatic carbocycles. The first-order valence-electron chi connectivity index (χ1n) is 6.69. The van der Waals surface area contributed by atoms with Gasteiger partial charge < -0.3 is 10.1 Å². The van der Waals surface area contributed by atoms with Crippen LogP contribution >= 0.6 is 0 Å². The number of carbonyl (C=O) groups excluding carboxylic acids is 1. The zero-order valence-corrected chi connectivity index (χ0v) is 12.3. The quantitative estimate of drug-likeness (QED) is 0.824. The van der Waals surface area contributed by atoms with E-state index in [4.69, 9.17) is 0 Å². The molecule has 0 atom stereocenters. The smallest absolute Gasteiger partial charge is 0.422 e. The third kappa shape index (κ3) is 5.37. The molecule has 1 aromatic heterocycles. The summed E-state index contributed by atoms with van der Waals surface area (Å²) in [5, 5.41) is 2.08. The molecule has 2 rings (SSSR count). The minimum Gasteiger partial charge on any atom is -0.482 e. The maximum absolute atomic E-state index is 12.8. The van der Waals surface area contributed by atoms with Crippen LogP contribution in [-0.2, 0) is 6.18 Å². The average molecular weight is 364 g/mol. The topological polar surface area (TPSA) is 51.2 Å². The Labute approximate surface area is 137 Å². The van der Waals surface area contributed by atoms with Crippen LogP contribution in [0.2, 0.25) is 0 Å². The van der Waals surface area contributed by atoms with Crippen molar-refractivity contribution in [2.75, 3.05) is 11.9 Å². The van der Waals surface area contributed by atoms with E-state index in [1.165, 1.54) is 24.4 Å². The van der Waals surface area contributed by atoms with Gasteiger partial charge in [-0.15, -0.1) is 0 Å². The van der Waals surface area contributed by atoms with Gasteiger partial charge in [0, 0.05) is 6.20 Å². The maximum Gasteiger partial charge on any atom is 0.422 e. The van der Waals surface area contributed by atoms with Gasteiger partial charge in [-0.1, -0.05) is 6.07 Å². The van der Waals surface area contributed by atoms with E-state index >= 15 is 0 Å². The average Bonchev–Trinajstić information content (AvgIpc) is 2.52. The van der Waals surface area contributed by atoms with Gasteiger partial charge in [0.15, 0.2) is 6.61 Å². The van der Waals surface area contributed by atoms with Gasteiger partial charge in [-0.2, -0.15) is 26.3 Å². The second-order valence-corrected chi connectivity index (χ2v) is 4.78. The highest BCUT2D eigenvalue weighted by Crippen LogP contribution is 2.35. The Morgan fingerprint density at radius 2 is 1.80 bits per heavy atom. The van der Waals surface area contributed by atoms with Gasteiger partial charge in [-0.3, -0.25) is 9.78 Å². The molecule has 1 N–H and O–H groups in total. The number of hydrogen-bond acceptors (Lipinski definition) is 3. The molecule has 4 nitrogen and oxygen atoms in total. The Bertz CT molecular complexity index is 744. The minimum atomic E-state index is -4.74. The van der Waals surface area contributed by atoms with Crippen LogP contribution in [0, 0.1) is 0 Å². The summed E-state index contributed by atoms with van der Waals surface area (Å²) in [6.07, 6.45) is -8.15. The standard InChI is InChI=1S/C15H10F6N2O2/c16-14(17,18)8-25-12-5-4-9(15(19,20)21)7-11(12)23-13(24)10-3-1-2-6-22-10/h1-7H,8H2,(H,23,24). The van der Waals surface area contributed by atoms with Crippen LogP contribution in [0.25, 0.3) is 0 Å². The van der Waals surface area contributed by atoms with Gasteiger partial charge in [0.05, 0.1) is 11.3 Å². The number of nitrogens with one attached hydrogen (secondary N) is 1. The number of amides is 1. The van der Waals surface area contributed by atoms with Gasteiger partial charge in [0.25, 0.3) is 5.91 Å². The summed E-state index contributed by atoms with van der Waals surface area (Å²) in [6, 6.07) is 6.03. The molecule has 0 saturated heterocycles. The monoisotopic (exact) mass is 364 g/mol. The highest BCUT2D eigenvalue weighted by atomic mass is 19.4. The van der Waals surface area contributed by atoms with Crippen molar-refractivity contribution in [2.45, 2.75) is 12.4 Å². The summed E-state index contributed by atoms with van der Waals surface area (Å²) in [7, 11) is 0. The Morgan fingerprint density at radius 3 is 2.36 bits per heavy atom. The van der Waals surface area contributed by atoms with Crippen LogP contribution in [0.1, 0.15) is 16.1 Å². The van der Waals surface area contributed by atoms with Gasteiger partial charge in [0.2, 0.25) is 0 Å². The predicted octanol–water partition coefficient (Wildman–Crippen LogP) is 4.29. The number of rotatable bonds is 4. The molecule has 0 saturated carbocycles. The van der Waals surface area contributed by atoms with Gasteiger partial charge >= 0.3 is 12.4 Å². The van der Waals surface area contributed by atoms with E-state index in [0.29, 0.717) is 18.2 Å². The predicted molar refractivity (Wildman–Crippen MR) is 75.2 cm³/mol. The first kappa shape index (κ1) is 18.6. The van der Waals surface area contributed by atoms with Crippen LogP contribution < -0.4 is 10.1 Å². The third-order valence-corrected chi connectivity index (χ3v) is 2.84. The fourth-order valence-corrected chi connectivity index (χ4v) is 1.77. The Morgan fingerprint density at radius 1 is 1.08 bits per heavy atom. The number of ether oxygens (including phenoxy) is 1. The summed E-state index contributed by atoms with van der Waals surface area (Å²) in [5.41, 5.74) is -1.82. The van der Waals surface area contributed by atoms with Crippen LogP contribution in [0.4, 0.5) is 32.0 Å². The van der Waals surface area contributed by atoms with E-state index in [2.05, 4.69) is 15.0 Å². The number of alkyl halides is 6. The Hall–Kier alpha value is -2.78. The molecule has 0 radical (unpaired) electrons. The van der Waals surface area contributed by atoms with Crippen molar-refractivity contribution < 1.29 is 35.9 Å². The molecular weight excluding hydrogens is 354 g/mol. The molecule has 25 heavy (non-hydrogen) atoms. The lowest BCUT2D eigenvalue weighted by Gasteiger charge is -2.16. The van der Waals surface area contributed by atoms with E-state index in [-0.39, 0.29) is 5.69 Å². The molecule has 0 aliphatic rings. The summed E-state index contributed by atoms with van der Waals surface area (Å²) >= 11 is 0. The molecule has 134 valence electrons. The van der Waals surface area contributed by atoms with Crippen molar-refractivity contribution in [3.63, 3.8) is 0 Å². The second-order valence-electron chi connectivity index (χ2n) is 4.78. The van der Waals surface area contributed by atoms with E-state index in [1.807, 2.05) is 0 Å². The van der Waals surface area contributed by atoms with Crippen molar-refractivity contribution in [1.82, 2.24) is 4.98 Å². The number of nitrogens with zero attached hydrogens (tertiary/aromatic N) is 1. The number of pyridine rings is 1. The molecule has 0 bridgehead atoms. The third-order valence-electron chi connectivity index (χ3n) is 2.84. The first-order chi connectivity index (χ1) is 11.6. The maximum atomic E-state index is 12.8. The molecular formula is C15H10F6N2O2. The summed E-state index contributed by atoms with van der Waals surface area (Å²) < 4.78 is 79.6. The molecule has 2 aromatic rings. The molecule has 0 spiro atoms. The van der Waals surface area contributed by atoms with E-state index < -0.39 is 41.9 Å². The zero-order chi connectivity index (χ0) is 18.7. The molecule has 10 heteroatoms. The van der Waals surface area contributed by atoms with Gasteiger partial charge in [-0.25, -0.2) is 0 Å². The van der Waals surface area contributed by atoms with Crippen LogP contribution in [0.5, 0.6) is 5.75 Å². The van der Waals surface area contributed by atoms with Crippen LogP contribution in [0.15, 0.2) is 42.6 Å². The molecule has 0 fully saturated rings. The highest BCUT2D eigenvalue weighted by Gasteiger charge is 2.33. The largest absolute Gasteiger partial charge is 0.482 e. The van der Waals surface area contributed by atoms with Crippen molar-refractivity contribution >= 4 is 11.6 Å². The minimum absolute atomic E-state index is 0.123. The highest BCUT2D eigenvalue weighted by molar-refractivity contribution is 6.03. The molecule has 1 amide bonds. The molecule has 1 aromatic carbocycles. The van der Waals surface area contributed by atoms with E-state index in [9.17, 15) is 31.1 Å². The van der Waals surface area contributed by atoms with E-state index in [0.717, 1.165) is 0 Å². The number of anilines is 1. The molecule has 0 aliphatic heterocycles. The van der Waals surface area contributed by atoms with E-state index in [1.54, 1.807) is 0 Å². The number of hydrogen-bond donors (Lipinski definition) is 1. The van der Waals surface area contributed by atoms with Crippen molar-refractivity contribution in [3.8, 4) is 5.75 Å². The van der Waals surface area contributed by atoms with Gasteiger partial charge in [-0.05, 0) is 30.3 Å². The summed E-state index contributed by atoms with van der Waals surface area (Å²) in [5.74, 6) is -1.44. The fraction of sp³-hybridized carbons (Fsp3) is 0.200. The normalized spacial score (nSPS) is 11.9. The Kier molecular flexibility index (Phi) is 5.19. The molecule has 1 heterocycles. The van der Waals surface area contributed by atoms with Gasteiger partial charge in [0.1, 0.15) is 11.4 Å². The van der Waals surface area contributed by atoms with Crippen molar-refractivity contribution in [2.24, 2.45) is 0 Å². The summed E-state index contributed by atoms with van der Waals surface area (Å²) in [6.45, 7) is -1.72. The van der Waals surface area contributed by atoms with Crippen LogP contribution in [-0.4, -0.2) is 23.7 Å². The first-order valence-corrected chi connectivity index (χ1v) is 6.69.